The second kappa shape index (κ2) is 7.32. The first kappa shape index (κ1) is 14.9. The van der Waals surface area contributed by atoms with Crippen LogP contribution in [0.2, 0.25) is 0 Å². The van der Waals surface area contributed by atoms with Gasteiger partial charge >= 0.3 is 18.9 Å². The molecule has 1 fully saturated rings. The van der Waals surface area contributed by atoms with Gasteiger partial charge in [-0.15, -0.1) is 11.3 Å². The molecule has 0 aliphatic carbocycles. The molecule has 1 aliphatic rings. The van der Waals surface area contributed by atoms with E-state index in [4.69, 9.17) is 0 Å². The van der Waals surface area contributed by atoms with Crippen LogP contribution in [0.15, 0.2) is 5.38 Å². The molecular weight excluding hydrogens is 251 g/mol. The Morgan fingerprint density at radius 1 is 1.65 bits per heavy atom. The summed E-state index contributed by atoms with van der Waals surface area (Å²) >= 11 is 3.44. The quantitative estimate of drug-likeness (QED) is 0.609. The number of nitrogens with one attached hydrogen (secondary N) is 1. The van der Waals surface area contributed by atoms with Crippen LogP contribution < -0.4 is 29.3 Å². The van der Waals surface area contributed by atoms with Crippen LogP contribution in [-0.4, -0.2) is 28.5 Å². The normalized spacial score (nSPS) is 18.7. The Balaban J connectivity index is 0.00000144. The molecule has 0 saturated carbocycles. The Morgan fingerprint density at radius 2 is 2.47 bits per heavy atom. The summed E-state index contributed by atoms with van der Waals surface area (Å²) in [6.45, 7) is 0.920. The molecule has 1 aromatic heterocycles. The van der Waals surface area contributed by atoms with Crippen LogP contribution >= 0.6 is 23.1 Å². The van der Waals surface area contributed by atoms with E-state index < -0.39 is 5.97 Å². The van der Waals surface area contributed by atoms with Crippen molar-refractivity contribution in [3.05, 3.63) is 11.1 Å². The van der Waals surface area contributed by atoms with E-state index in [9.17, 15) is 9.90 Å². The molecule has 0 aromatic carbocycles. The Morgan fingerprint density at radius 3 is 3.12 bits per heavy atom. The van der Waals surface area contributed by atoms with E-state index >= 15 is 0 Å². The average molecular weight is 264 g/mol. The van der Waals surface area contributed by atoms with Gasteiger partial charge in [0.05, 0.1) is 5.69 Å². The second-order valence-corrected chi connectivity index (χ2v) is 5.98. The van der Waals surface area contributed by atoms with Gasteiger partial charge in [-0.2, -0.15) is 11.8 Å². The number of carbonyl (C=O) groups excluding carboxylic acids is 1. The minimum Gasteiger partial charge on any atom is -0.550 e. The number of aromatic nitrogens is 1. The molecule has 2 rings (SSSR count). The van der Waals surface area contributed by atoms with Gasteiger partial charge in [0.15, 0.2) is 5.13 Å². The molecule has 0 amide bonds. The van der Waals surface area contributed by atoms with Crippen molar-refractivity contribution in [2.24, 2.45) is 0 Å². The number of thioether (sulfide) groups is 1. The van der Waals surface area contributed by atoms with Gasteiger partial charge in [0, 0.05) is 29.6 Å². The minimum atomic E-state index is -1.08. The summed E-state index contributed by atoms with van der Waals surface area (Å²) in [7, 11) is 0. The van der Waals surface area contributed by atoms with Crippen molar-refractivity contribution < 1.29 is 28.8 Å². The molecular formula is C10H13LiN2O2S2. The first-order chi connectivity index (χ1) is 7.74. The van der Waals surface area contributed by atoms with E-state index in [1.54, 1.807) is 5.38 Å². The molecule has 0 bridgehead atoms. The van der Waals surface area contributed by atoms with E-state index in [-0.39, 0.29) is 25.3 Å². The molecule has 1 N–H and O–H groups in total. The maximum Gasteiger partial charge on any atom is 1.00 e. The van der Waals surface area contributed by atoms with Gasteiger partial charge in [0.2, 0.25) is 0 Å². The predicted octanol–water partition coefficient (Wildman–Crippen LogP) is -2.25. The van der Waals surface area contributed by atoms with Gasteiger partial charge < -0.3 is 15.2 Å². The number of hydrogen-bond donors (Lipinski definition) is 1. The fourth-order valence-corrected chi connectivity index (χ4v) is 3.55. The molecule has 7 heteroatoms. The average Bonchev–Trinajstić information content (AvgIpc) is 2.84. The van der Waals surface area contributed by atoms with Crippen molar-refractivity contribution in [3.8, 4) is 0 Å². The Bertz CT molecular complexity index is 367. The van der Waals surface area contributed by atoms with Crippen LogP contribution in [0.1, 0.15) is 18.5 Å². The zero-order valence-electron chi connectivity index (χ0n) is 9.77. The molecule has 17 heavy (non-hydrogen) atoms. The molecule has 88 valence electrons. The maximum atomic E-state index is 10.4. The van der Waals surface area contributed by atoms with Crippen LogP contribution in [0.4, 0.5) is 5.13 Å². The van der Waals surface area contributed by atoms with Gasteiger partial charge in [-0.25, -0.2) is 4.98 Å². The molecule has 4 nitrogen and oxygen atoms in total. The van der Waals surface area contributed by atoms with Gasteiger partial charge in [-0.3, -0.25) is 0 Å². The Hall–Kier alpha value is -0.153. The van der Waals surface area contributed by atoms with Crippen molar-refractivity contribution in [3.63, 3.8) is 0 Å². The van der Waals surface area contributed by atoms with Crippen LogP contribution in [-0.2, 0) is 11.2 Å². The molecule has 2 heterocycles. The third-order valence-electron chi connectivity index (χ3n) is 2.38. The largest absolute Gasteiger partial charge is 1.00 e. The summed E-state index contributed by atoms with van der Waals surface area (Å²) in [5, 5.41) is 16.9. The van der Waals surface area contributed by atoms with Crippen molar-refractivity contribution in [2.45, 2.75) is 24.5 Å². The van der Waals surface area contributed by atoms with E-state index in [0.717, 1.165) is 11.7 Å². The fraction of sp³-hybridized carbons (Fsp3) is 0.600. The molecule has 1 atom stereocenters. The summed E-state index contributed by atoms with van der Waals surface area (Å²) in [4.78, 5) is 14.6. The summed E-state index contributed by atoms with van der Waals surface area (Å²) < 4.78 is 0. The van der Waals surface area contributed by atoms with Gasteiger partial charge in [0.25, 0.3) is 0 Å². The fourth-order valence-electron chi connectivity index (χ4n) is 1.62. The summed E-state index contributed by atoms with van der Waals surface area (Å²) in [5.41, 5.74) is 0.576. The third-order valence-corrected chi connectivity index (χ3v) is 4.63. The zero-order chi connectivity index (χ0) is 11.4. The number of carbonyl (C=O) groups is 1. The SMILES string of the molecule is O=C([O-])Cc1csc(NCC2CCCS2)n1.[Li+]. The van der Waals surface area contributed by atoms with Gasteiger partial charge in [0.1, 0.15) is 0 Å². The molecule has 1 aliphatic heterocycles. The topological polar surface area (TPSA) is 65.0 Å². The van der Waals surface area contributed by atoms with Crippen LogP contribution in [0.3, 0.4) is 0 Å². The van der Waals surface area contributed by atoms with E-state index in [2.05, 4.69) is 10.3 Å². The van der Waals surface area contributed by atoms with Crippen LogP contribution in [0, 0.1) is 0 Å². The molecule has 1 aromatic rings. The summed E-state index contributed by atoms with van der Waals surface area (Å²) in [6.07, 6.45) is 2.45. The summed E-state index contributed by atoms with van der Waals surface area (Å²) in [5.74, 6) is 0.170. The number of thiazole rings is 1. The van der Waals surface area contributed by atoms with E-state index in [1.165, 1.54) is 29.9 Å². The zero-order valence-corrected chi connectivity index (χ0v) is 11.4. The number of rotatable bonds is 5. The Kier molecular flexibility index (Phi) is 6.42. The number of carboxylic acids is 1. The Labute approximate surface area is 121 Å². The van der Waals surface area contributed by atoms with Crippen molar-refractivity contribution in [2.75, 3.05) is 17.6 Å². The van der Waals surface area contributed by atoms with Crippen molar-refractivity contribution in [1.29, 1.82) is 0 Å². The van der Waals surface area contributed by atoms with E-state index in [0.29, 0.717) is 10.9 Å². The minimum absolute atomic E-state index is 0. The summed E-state index contributed by atoms with van der Waals surface area (Å²) in [6, 6.07) is 0. The van der Waals surface area contributed by atoms with Crippen molar-refractivity contribution >= 4 is 34.2 Å². The monoisotopic (exact) mass is 264 g/mol. The van der Waals surface area contributed by atoms with Crippen LogP contribution in [0.25, 0.3) is 0 Å². The predicted molar refractivity (Wildman–Crippen MR) is 64.8 cm³/mol. The second-order valence-electron chi connectivity index (χ2n) is 3.71. The first-order valence-corrected chi connectivity index (χ1v) is 7.16. The van der Waals surface area contributed by atoms with Gasteiger partial charge in [-0.1, -0.05) is 0 Å². The standard InChI is InChI=1S/C10H14N2O2S2.Li/c13-9(14)4-7-6-16-10(12-7)11-5-8-2-1-3-15-8;/h6,8H,1-5H2,(H,11,12)(H,13,14);/q;+1/p-1. The van der Waals surface area contributed by atoms with E-state index in [1.807, 2.05) is 11.8 Å². The smallest absolute Gasteiger partial charge is 0.550 e. The number of carboxylic acid groups (broad SMARTS) is 1. The number of nitrogens with zero attached hydrogens (tertiary/aromatic N) is 1. The third kappa shape index (κ3) is 4.92. The molecule has 0 spiro atoms. The number of anilines is 1. The molecule has 0 radical (unpaired) electrons. The van der Waals surface area contributed by atoms with Gasteiger partial charge in [-0.05, 0) is 18.6 Å². The first-order valence-electron chi connectivity index (χ1n) is 5.24. The number of hydrogen-bond acceptors (Lipinski definition) is 6. The molecule has 1 unspecified atom stereocenters. The van der Waals surface area contributed by atoms with Crippen LogP contribution in [0.5, 0.6) is 0 Å². The van der Waals surface area contributed by atoms with Crippen molar-refractivity contribution in [1.82, 2.24) is 4.98 Å². The molecule has 1 saturated heterocycles. The number of aliphatic carboxylic acids is 1. The maximum absolute atomic E-state index is 10.4.